The number of nitrogens with one attached hydrogen (secondary N) is 2. The molecule has 0 spiro atoms. The van der Waals surface area contributed by atoms with Crippen LogP contribution in [0.25, 0.3) is 10.9 Å². The minimum atomic E-state index is -3.72. The van der Waals surface area contributed by atoms with Gasteiger partial charge in [-0.2, -0.15) is 0 Å². The fourth-order valence-corrected chi connectivity index (χ4v) is 5.46. The van der Waals surface area contributed by atoms with Crippen molar-refractivity contribution >= 4 is 26.8 Å². The van der Waals surface area contributed by atoms with E-state index < -0.39 is 15.6 Å². The van der Waals surface area contributed by atoms with Crippen LogP contribution in [0.15, 0.2) is 65.7 Å². The van der Waals surface area contributed by atoms with Crippen LogP contribution >= 0.6 is 0 Å². The van der Waals surface area contributed by atoms with Crippen LogP contribution < -0.4 is 4.72 Å². The fraction of sp³-hybridized carbons (Fsp3) is 0.318. The summed E-state index contributed by atoms with van der Waals surface area (Å²) in [5.41, 5.74) is 0.713. The first-order valence-corrected chi connectivity index (χ1v) is 11.4. The molecule has 1 atom stereocenters. The van der Waals surface area contributed by atoms with Crippen molar-refractivity contribution in [3.63, 3.8) is 0 Å². The number of likely N-dealkylation sites (tertiary alicyclic amines) is 1. The van der Waals surface area contributed by atoms with Crippen molar-refractivity contribution in [1.29, 1.82) is 0 Å². The summed E-state index contributed by atoms with van der Waals surface area (Å²) in [7, 11) is -2.13. The van der Waals surface area contributed by atoms with Crippen LogP contribution in [0, 0.1) is 0 Å². The predicted molar refractivity (Wildman–Crippen MR) is 115 cm³/mol. The van der Waals surface area contributed by atoms with Gasteiger partial charge in [0.05, 0.1) is 10.4 Å². The Morgan fingerprint density at radius 3 is 2.77 bits per heavy atom. The number of hydrogen-bond acceptors (Lipinski definition) is 4. The second-order valence-corrected chi connectivity index (χ2v) is 9.38. The van der Waals surface area contributed by atoms with E-state index in [1.807, 2.05) is 30.5 Å². The van der Waals surface area contributed by atoms with Crippen molar-refractivity contribution in [1.82, 2.24) is 14.6 Å². The molecule has 1 fully saturated rings. The number of benzene rings is 2. The summed E-state index contributed by atoms with van der Waals surface area (Å²) < 4.78 is 34.0. The molecule has 7 nitrogen and oxygen atoms in total. The molecule has 2 heterocycles. The summed E-state index contributed by atoms with van der Waals surface area (Å²) >= 11 is 0. The molecule has 30 heavy (non-hydrogen) atoms. The van der Waals surface area contributed by atoms with Gasteiger partial charge in [0.15, 0.2) is 0 Å². The average Bonchev–Trinajstić information content (AvgIpc) is 3.39. The van der Waals surface area contributed by atoms with Crippen LogP contribution in [0.4, 0.5) is 0 Å². The van der Waals surface area contributed by atoms with Crippen molar-refractivity contribution in [3.05, 3.63) is 66.4 Å². The molecule has 1 unspecified atom stereocenters. The number of H-pyrrole nitrogens is 1. The SMILES string of the molecule is COCCC1(NS(=O)(=O)c2ccccc2)CCN(C(=O)c2ccc3cc[nH]c3c2)C1. The zero-order chi connectivity index (χ0) is 21.2. The van der Waals surface area contributed by atoms with Gasteiger partial charge in [-0.3, -0.25) is 4.79 Å². The van der Waals surface area contributed by atoms with E-state index in [2.05, 4.69) is 9.71 Å². The molecule has 0 aliphatic carbocycles. The van der Waals surface area contributed by atoms with Gasteiger partial charge < -0.3 is 14.6 Å². The first kappa shape index (κ1) is 20.6. The molecule has 3 aromatic rings. The summed E-state index contributed by atoms with van der Waals surface area (Å²) in [6.45, 7) is 1.17. The minimum Gasteiger partial charge on any atom is -0.385 e. The number of sulfonamides is 1. The van der Waals surface area contributed by atoms with Gasteiger partial charge >= 0.3 is 0 Å². The molecular weight excluding hydrogens is 402 g/mol. The van der Waals surface area contributed by atoms with Gasteiger partial charge in [-0.25, -0.2) is 13.1 Å². The average molecular weight is 428 g/mol. The molecule has 2 aromatic carbocycles. The van der Waals surface area contributed by atoms with Crippen molar-refractivity contribution < 1.29 is 17.9 Å². The lowest BCUT2D eigenvalue weighted by Crippen LogP contribution is -2.51. The second-order valence-electron chi connectivity index (χ2n) is 7.70. The van der Waals surface area contributed by atoms with E-state index in [0.717, 1.165) is 10.9 Å². The van der Waals surface area contributed by atoms with E-state index in [-0.39, 0.29) is 10.8 Å². The lowest BCUT2D eigenvalue weighted by molar-refractivity contribution is 0.0775. The molecule has 2 N–H and O–H groups in total. The Kier molecular flexibility index (Phi) is 5.64. The summed E-state index contributed by atoms with van der Waals surface area (Å²) in [5.74, 6) is -0.107. The molecule has 1 aliphatic rings. The molecular formula is C22H25N3O4S. The standard InChI is InChI=1S/C22H25N3O4S/c1-29-14-11-22(24-30(27,28)19-5-3-2-4-6-19)10-13-25(16-22)21(26)18-8-7-17-9-12-23-20(17)15-18/h2-9,12,15,23-24H,10-11,13-14,16H2,1H3. The third-order valence-electron chi connectivity index (χ3n) is 5.63. The number of carbonyl (C=O) groups is 1. The summed E-state index contributed by atoms with van der Waals surface area (Å²) in [6, 6.07) is 15.8. The first-order valence-electron chi connectivity index (χ1n) is 9.87. The second kappa shape index (κ2) is 8.22. The van der Waals surface area contributed by atoms with Gasteiger partial charge in [-0.05, 0) is 48.6 Å². The van der Waals surface area contributed by atoms with Crippen molar-refractivity contribution in [3.8, 4) is 0 Å². The van der Waals surface area contributed by atoms with Gasteiger partial charge in [-0.15, -0.1) is 0 Å². The highest BCUT2D eigenvalue weighted by Crippen LogP contribution is 2.29. The Labute approximate surface area is 176 Å². The fourth-order valence-electron chi connectivity index (χ4n) is 3.99. The molecule has 8 heteroatoms. The van der Waals surface area contributed by atoms with Gasteiger partial charge in [0.2, 0.25) is 10.0 Å². The quantitative estimate of drug-likeness (QED) is 0.607. The number of carbonyl (C=O) groups excluding carboxylic acids is 1. The van der Waals surface area contributed by atoms with E-state index in [1.165, 1.54) is 0 Å². The van der Waals surface area contributed by atoms with Crippen molar-refractivity contribution in [2.45, 2.75) is 23.3 Å². The Hall–Kier alpha value is -2.68. The van der Waals surface area contributed by atoms with E-state index in [4.69, 9.17) is 4.74 Å². The number of nitrogens with zero attached hydrogens (tertiary/aromatic N) is 1. The summed E-state index contributed by atoms with van der Waals surface area (Å²) in [4.78, 5) is 18.2. The molecule has 4 rings (SSSR count). The molecule has 1 aliphatic heterocycles. The molecule has 0 bridgehead atoms. The molecule has 158 valence electrons. The van der Waals surface area contributed by atoms with Crippen LogP contribution in [-0.2, 0) is 14.8 Å². The van der Waals surface area contributed by atoms with Gasteiger partial charge in [0.1, 0.15) is 0 Å². The van der Waals surface area contributed by atoms with Gasteiger partial charge in [0.25, 0.3) is 5.91 Å². The monoisotopic (exact) mass is 427 g/mol. The number of aromatic amines is 1. The number of ether oxygens (including phenoxy) is 1. The number of aromatic nitrogens is 1. The molecule has 0 radical (unpaired) electrons. The predicted octanol–water partition coefficient (Wildman–Crippen LogP) is 2.77. The Bertz CT molecular complexity index is 1140. The lowest BCUT2D eigenvalue weighted by atomic mass is 9.96. The largest absolute Gasteiger partial charge is 0.385 e. The Morgan fingerprint density at radius 2 is 2.00 bits per heavy atom. The summed E-state index contributed by atoms with van der Waals surface area (Å²) in [5, 5.41) is 1.04. The van der Waals surface area contributed by atoms with Crippen LogP contribution in [0.3, 0.4) is 0 Å². The Morgan fingerprint density at radius 1 is 1.20 bits per heavy atom. The molecule has 0 saturated carbocycles. The highest BCUT2D eigenvalue weighted by atomic mass is 32.2. The zero-order valence-electron chi connectivity index (χ0n) is 16.8. The van der Waals surface area contributed by atoms with Crippen LogP contribution in [0.5, 0.6) is 0 Å². The van der Waals surface area contributed by atoms with Crippen LogP contribution in [-0.4, -0.2) is 56.6 Å². The van der Waals surface area contributed by atoms with Gasteiger partial charge in [-0.1, -0.05) is 24.3 Å². The lowest BCUT2D eigenvalue weighted by Gasteiger charge is -2.30. The summed E-state index contributed by atoms with van der Waals surface area (Å²) in [6.07, 6.45) is 2.84. The van der Waals surface area contributed by atoms with E-state index in [9.17, 15) is 13.2 Å². The number of methoxy groups -OCH3 is 1. The maximum absolute atomic E-state index is 13.1. The third-order valence-corrected chi connectivity index (χ3v) is 7.23. The molecule has 1 aromatic heterocycles. The highest BCUT2D eigenvalue weighted by Gasteiger charge is 2.43. The maximum atomic E-state index is 13.1. The molecule has 1 amide bonds. The Balaban J connectivity index is 1.56. The first-order chi connectivity index (χ1) is 14.4. The van der Waals surface area contributed by atoms with Crippen LogP contribution in [0.2, 0.25) is 0 Å². The van der Waals surface area contributed by atoms with Crippen molar-refractivity contribution in [2.75, 3.05) is 26.8 Å². The van der Waals surface area contributed by atoms with E-state index in [1.54, 1.807) is 42.3 Å². The normalized spacial score (nSPS) is 19.4. The van der Waals surface area contributed by atoms with E-state index in [0.29, 0.717) is 38.1 Å². The third kappa shape index (κ3) is 4.12. The highest BCUT2D eigenvalue weighted by molar-refractivity contribution is 7.89. The number of rotatable bonds is 7. The van der Waals surface area contributed by atoms with Gasteiger partial charge in [0, 0.05) is 44.1 Å². The number of hydrogen-bond donors (Lipinski definition) is 2. The topological polar surface area (TPSA) is 91.5 Å². The number of fused-ring (bicyclic) bond motifs is 1. The number of amides is 1. The van der Waals surface area contributed by atoms with Crippen LogP contribution in [0.1, 0.15) is 23.2 Å². The van der Waals surface area contributed by atoms with E-state index >= 15 is 0 Å². The molecule has 1 saturated heterocycles. The zero-order valence-corrected chi connectivity index (χ0v) is 17.6. The maximum Gasteiger partial charge on any atom is 0.253 e. The minimum absolute atomic E-state index is 0.107. The van der Waals surface area contributed by atoms with Crippen molar-refractivity contribution in [2.24, 2.45) is 0 Å². The smallest absolute Gasteiger partial charge is 0.253 e.